The Bertz CT molecular complexity index is 840. The summed E-state index contributed by atoms with van der Waals surface area (Å²) in [4.78, 5) is 12.7. The molecule has 35 heavy (non-hydrogen) atoms. The molecule has 0 aliphatic heterocycles. The van der Waals surface area contributed by atoms with Gasteiger partial charge in [-0.05, 0) is 73.5 Å². The van der Waals surface area contributed by atoms with Crippen LogP contribution in [-0.4, -0.2) is 32.9 Å². The lowest BCUT2D eigenvalue weighted by Crippen LogP contribution is -2.36. The maximum atomic E-state index is 13.6. The summed E-state index contributed by atoms with van der Waals surface area (Å²) >= 11 is 0. The van der Waals surface area contributed by atoms with Gasteiger partial charge in [0.25, 0.3) is 0 Å². The fourth-order valence-electron chi connectivity index (χ4n) is 5.45. The van der Waals surface area contributed by atoms with Crippen molar-refractivity contribution in [3.8, 4) is 0 Å². The van der Waals surface area contributed by atoms with Gasteiger partial charge in [-0.25, -0.2) is 0 Å². The first-order valence-corrected chi connectivity index (χ1v) is 14.7. The SMILES string of the molecule is [B]C1(S(=O)c2ccc(C(O)C(CCC(C)(CC)CCC)C(=O)O)cc2)CCCCCC(C)(C)CC1. The van der Waals surface area contributed by atoms with Crippen molar-refractivity contribution < 1.29 is 19.2 Å². The Kier molecular flexibility index (Phi) is 11.1. The van der Waals surface area contributed by atoms with Crippen molar-refractivity contribution >= 4 is 24.6 Å². The molecule has 4 nitrogen and oxygen atoms in total. The molecule has 2 rings (SSSR count). The van der Waals surface area contributed by atoms with Crippen LogP contribution >= 0.6 is 0 Å². The van der Waals surface area contributed by atoms with Crippen LogP contribution < -0.4 is 0 Å². The largest absolute Gasteiger partial charge is 0.481 e. The predicted octanol–water partition coefficient (Wildman–Crippen LogP) is 7.16. The van der Waals surface area contributed by atoms with Gasteiger partial charge >= 0.3 is 5.97 Å². The number of benzene rings is 1. The molecular formula is C29H47BO4S. The fraction of sp³-hybridized carbons (Fsp3) is 0.759. The van der Waals surface area contributed by atoms with E-state index in [2.05, 4.69) is 34.6 Å². The van der Waals surface area contributed by atoms with Crippen molar-refractivity contribution in [3.05, 3.63) is 29.8 Å². The second kappa shape index (κ2) is 12.9. The lowest BCUT2D eigenvalue weighted by molar-refractivity contribution is -0.146. The third-order valence-corrected chi connectivity index (χ3v) is 10.3. The van der Waals surface area contributed by atoms with Crippen LogP contribution in [0.4, 0.5) is 0 Å². The van der Waals surface area contributed by atoms with Crippen LogP contribution in [0.5, 0.6) is 0 Å². The average molecular weight is 503 g/mol. The number of aliphatic hydroxyl groups excluding tert-OH is 1. The Balaban J connectivity index is 2.15. The molecule has 1 aliphatic carbocycles. The van der Waals surface area contributed by atoms with Crippen molar-refractivity contribution in [2.75, 3.05) is 0 Å². The third kappa shape index (κ3) is 8.45. The molecule has 196 valence electrons. The molecule has 1 aliphatic rings. The van der Waals surface area contributed by atoms with Gasteiger partial charge in [-0.2, -0.15) is 0 Å². The zero-order chi connectivity index (χ0) is 26.3. The lowest BCUT2D eigenvalue weighted by atomic mass is 9.74. The Morgan fingerprint density at radius 1 is 1.06 bits per heavy atom. The van der Waals surface area contributed by atoms with E-state index in [9.17, 15) is 19.2 Å². The van der Waals surface area contributed by atoms with E-state index in [4.69, 9.17) is 7.85 Å². The molecule has 1 saturated carbocycles. The summed E-state index contributed by atoms with van der Waals surface area (Å²) in [6, 6.07) is 6.96. The van der Waals surface area contributed by atoms with Gasteiger partial charge in [0.1, 0.15) is 0 Å². The van der Waals surface area contributed by atoms with Crippen molar-refractivity contribution in [3.63, 3.8) is 0 Å². The summed E-state index contributed by atoms with van der Waals surface area (Å²) in [5, 5.41) is 20.8. The van der Waals surface area contributed by atoms with Crippen LogP contribution in [0.2, 0.25) is 0 Å². The Morgan fingerprint density at radius 3 is 2.26 bits per heavy atom. The van der Waals surface area contributed by atoms with E-state index < -0.39 is 33.4 Å². The van der Waals surface area contributed by atoms with Crippen molar-refractivity contribution in [2.24, 2.45) is 16.7 Å². The molecule has 1 fully saturated rings. The predicted molar refractivity (Wildman–Crippen MR) is 146 cm³/mol. The van der Waals surface area contributed by atoms with Crippen molar-refractivity contribution in [1.29, 1.82) is 0 Å². The second-order valence-corrected chi connectivity index (χ2v) is 13.8. The molecule has 2 N–H and O–H groups in total. The van der Waals surface area contributed by atoms with E-state index in [0.717, 1.165) is 51.4 Å². The molecule has 0 heterocycles. The van der Waals surface area contributed by atoms with Gasteiger partial charge in [-0.3, -0.25) is 9.00 Å². The van der Waals surface area contributed by atoms with Gasteiger partial charge in [0.15, 0.2) is 0 Å². The molecular weight excluding hydrogens is 455 g/mol. The number of hydrogen-bond acceptors (Lipinski definition) is 3. The van der Waals surface area contributed by atoms with E-state index in [1.165, 1.54) is 12.8 Å². The first-order chi connectivity index (χ1) is 16.4. The Labute approximate surface area is 217 Å². The van der Waals surface area contributed by atoms with E-state index in [-0.39, 0.29) is 10.8 Å². The highest BCUT2D eigenvalue weighted by molar-refractivity contribution is 7.87. The minimum absolute atomic E-state index is 0.0867. The fourth-order valence-corrected chi connectivity index (χ4v) is 6.92. The zero-order valence-corrected chi connectivity index (χ0v) is 23.5. The maximum absolute atomic E-state index is 13.6. The summed E-state index contributed by atoms with van der Waals surface area (Å²) in [6.45, 7) is 11.0. The molecule has 5 atom stereocenters. The van der Waals surface area contributed by atoms with Crippen LogP contribution in [0, 0.1) is 16.7 Å². The minimum Gasteiger partial charge on any atom is -0.481 e. The van der Waals surface area contributed by atoms with E-state index >= 15 is 0 Å². The number of carboxylic acid groups (broad SMARTS) is 1. The van der Waals surface area contributed by atoms with Gasteiger partial charge in [-0.1, -0.05) is 78.9 Å². The average Bonchev–Trinajstić information content (AvgIpc) is 2.88. The molecule has 0 saturated heterocycles. The molecule has 5 unspecified atom stereocenters. The van der Waals surface area contributed by atoms with Crippen LogP contribution in [0.25, 0.3) is 0 Å². The van der Waals surface area contributed by atoms with Gasteiger partial charge in [0, 0.05) is 9.54 Å². The van der Waals surface area contributed by atoms with Crippen molar-refractivity contribution in [2.45, 2.75) is 127 Å². The monoisotopic (exact) mass is 502 g/mol. The number of rotatable bonds is 11. The molecule has 0 bridgehead atoms. The zero-order valence-electron chi connectivity index (χ0n) is 22.6. The number of hydrogen-bond donors (Lipinski definition) is 2. The summed E-state index contributed by atoms with van der Waals surface area (Å²) in [7, 11) is 5.40. The highest BCUT2D eigenvalue weighted by Gasteiger charge is 2.35. The standard InChI is InChI=1S/C29H47BO4S/c1-6-16-28(5,7-2)19-15-24(26(32)33)25(31)22-11-13-23(14-12-22)35(34)29(30)18-10-8-9-17-27(3,4)20-21-29/h11-14,24-25,31H,6-10,15-21H2,1-5H3,(H,32,33). The summed E-state index contributed by atoms with van der Waals surface area (Å²) in [5.41, 5.74) is 0.835. The molecule has 1 aromatic carbocycles. The summed E-state index contributed by atoms with van der Waals surface area (Å²) in [5.74, 6) is -1.85. The van der Waals surface area contributed by atoms with E-state index in [1.54, 1.807) is 24.3 Å². The molecule has 0 spiro atoms. The van der Waals surface area contributed by atoms with Crippen LogP contribution in [0.1, 0.15) is 123 Å². The maximum Gasteiger partial charge on any atom is 0.309 e. The quantitative estimate of drug-likeness (QED) is 0.315. The second-order valence-electron chi connectivity index (χ2n) is 12.0. The highest BCUT2D eigenvalue weighted by atomic mass is 32.2. The molecule has 0 amide bonds. The number of carbonyl (C=O) groups is 1. The molecule has 0 aromatic heterocycles. The van der Waals surface area contributed by atoms with Crippen LogP contribution in [-0.2, 0) is 15.6 Å². The van der Waals surface area contributed by atoms with Crippen LogP contribution in [0.15, 0.2) is 29.2 Å². The number of aliphatic carboxylic acids is 1. The van der Waals surface area contributed by atoms with Gasteiger partial charge < -0.3 is 10.2 Å². The van der Waals surface area contributed by atoms with Gasteiger partial charge in [0.05, 0.1) is 30.7 Å². The van der Waals surface area contributed by atoms with Gasteiger partial charge in [-0.15, -0.1) is 0 Å². The number of carboxylic acids is 1. The number of aliphatic hydroxyl groups is 1. The van der Waals surface area contributed by atoms with Crippen molar-refractivity contribution in [1.82, 2.24) is 0 Å². The van der Waals surface area contributed by atoms with Gasteiger partial charge in [0.2, 0.25) is 0 Å². The smallest absolute Gasteiger partial charge is 0.309 e. The third-order valence-electron chi connectivity index (χ3n) is 8.45. The Hall–Kier alpha value is -1.14. The molecule has 6 heteroatoms. The van der Waals surface area contributed by atoms with E-state index in [0.29, 0.717) is 23.3 Å². The summed E-state index contributed by atoms with van der Waals surface area (Å²) < 4.78 is 12.8. The topological polar surface area (TPSA) is 74.6 Å². The summed E-state index contributed by atoms with van der Waals surface area (Å²) in [6.07, 6.45) is 10.0. The molecule has 2 radical (unpaired) electrons. The Morgan fingerprint density at radius 2 is 1.69 bits per heavy atom. The minimum atomic E-state index is -1.38. The normalized spacial score (nSPS) is 25.3. The highest BCUT2D eigenvalue weighted by Crippen LogP contribution is 2.40. The first kappa shape index (κ1) is 30.1. The first-order valence-electron chi connectivity index (χ1n) is 13.6. The lowest BCUT2D eigenvalue weighted by Gasteiger charge is -2.33. The van der Waals surface area contributed by atoms with E-state index in [1.807, 2.05) is 0 Å². The molecule has 1 aromatic rings. The van der Waals surface area contributed by atoms with Crippen LogP contribution in [0.3, 0.4) is 0 Å².